The average Bonchev–Trinajstić information content (AvgIpc) is 3.35. The Balaban J connectivity index is 1.56. The summed E-state index contributed by atoms with van der Waals surface area (Å²) < 4.78 is 33.5. The normalized spacial score (nSPS) is 18.7. The van der Waals surface area contributed by atoms with Crippen molar-refractivity contribution in [2.45, 2.75) is 37.5 Å². The van der Waals surface area contributed by atoms with Gasteiger partial charge in [-0.2, -0.15) is 4.31 Å². The summed E-state index contributed by atoms with van der Waals surface area (Å²) in [6.07, 6.45) is 1.61. The molecule has 1 aromatic carbocycles. The van der Waals surface area contributed by atoms with Gasteiger partial charge in [0.15, 0.2) is 0 Å². The first-order valence-electron chi connectivity index (χ1n) is 8.90. The lowest BCUT2D eigenvalue weighted by atomic mass is 10.00. The van der Waals surface area contributed by atoms with E-state index in [1.807, 2.05) is 37.4 Å². The maximum absolute atomic E-state index is 13.1. The Hall–Kier alpha value is -2.03. The van der Waals surface area contributed by atoms with Gasteiger partial charge in [-0.15, -0.1) is 21.5 Å². The van der Waals surface area contributed by atoms with Crippen LogP contribution in [0.25, 0.3) is 10.8 Å². The summed E-state index contributed by atoms with van der Waals surface area (Å²) in [7, 11) is -3.53. The van der Waals surface area contributed by atoms with E-state index >= 15 is 0 Å². The molecule has 0 aliphatic carbocycles. The third kappa shape index (κ3) is 3.56. The van der Waals surface area contributed by atoms with Crippen molar-refractivity contribution in [1.29, 1.82) is 0 Å². The molecule has 1 aliphatic heterocycles. The Morgan fingerprint density at radius 3 is 2.78 bits per heavy atom. The highest BCUT2D eigenvalue weighted by Crippen LogP contribution is 2.32. The fourth-order valence-electron chi connectivity index (χ4n) is 3.29. The van der Waals surface area contributed by atoms with E-state index in [1.165, 1.54) is 11.3 Å². The second-order valence-electron chi connectivity index (χ2n) is 6.87. The van der Waals surface area contributed by atoms with E-state index < -0.39 is 10.0 Å². The molecule has 8 heteroatoms. The van der Waals surface area contributed by atoms with Gasteiger partial charge >= 0.3 is 0 Å². The minimum atomic E-state index is -3.53. The molecular formula is C19H21N3O3S2. The molecule has 1 aliphatic rings. The van der Waals surface area contributed by atoms with Crippen LogP contribution in [0.2, 0.25) is 0 Å². The van der Waals surface area contributed by atoms with Crippen LogP contribution in [0.3, 0.4) is 0 Å². The molecule has 2 aromatic heterocycles. The lowest BCUT2D eigenvalue weighted by Crippen LogP contribution is -2.39. The molecule has 1 unspecified atom stereocenters. The lowest BCUT2D eigenvalue weighted by molar-refractivity contribution is 0.286. The Morgan fingerprint density at radius 1 is 1.19 bits per heavy atom. The van der Waals surface area contributed by atoms with E-state index in [2.05, 4.69) is 10.2 Å². The molecule has 1 fully saturated rings. The molecule has 0 amide bonds. The van der Waals surface area contributed by atoms with Crippen molar-refractivity contribution in [1.82, 2.24) is 14.5 Å². The minimum Gasteiger partial charge on any atom is -0.420 e. The van der Waals surface area contributed by atoms with Crippen molar-refractivity contribution >= 4 is 21.4 Å². The fourth-order valence-corrected chi connectivity index (χ4v) is 5.54. The minimum absolute atomic E-state index is 0.0821. The number of thiophene rings is 1. The number of sulfonamides is 1. The number of rotatable bonds is 4. The molecule has 27 heavy (non-hydrogen) atoms. The van der Waals surface area contributed by atoms with Crippen molar-refractivity contribution in [3.8, 4) is 10.8 Å². The predicted molar refractivity (Wildman–Crippen MR) is 104 cm³/mol. The van der Waals surface area contributed by atoms with Crippen LogP contribution < -0.4 is 0 Å². The van der Waals surface area contributed by atoms with Gasteiger partial charge in [-0.3, -0.25) is 0 Å². The number of piperidine rings is 1. The number of aromatic nitrogens is 2. The Bertz CT molecular complexity index is 1040. The zero-order valence-electron chi connectivity index (χ0n) is 15.3. The molecule has 1 saturated heterocycles. The molecule has 0 spiro atoms. The number of aryl methyl sites for hydroxylation is 2. The number of benzene rings is 1. The predicted octanol–water partition coefficient (Wildman–Crippen LogP) is 3.98. The molecule has 142 valence electrons. The Kier molecular flexibility index (Phi) is 4.88. The zero-order valence-corrected chi connectivity index (χ0v) is 16.9. The van der Waals surface area contributed by atoms with Gasteiger partial charge in [0.1, 0.15) is 0 Å². The van der Waals surface area contributed by atoms with Gasteiger partial charge < -0.3 is 4.42 Å². The molecule has 0 bridgehead atoms. The number of hydrogen-bond donors (Lipinski definition) is 0. The van der Waals surface area contributed by atoms with Crippen molar-refractivity contribution < 1.29 is 12.8 Å². The monoisotopic (exact) mass is 403 g/mol. The molecule has 6 nitrogen and oxygen atoms in total. The van der Waals surface area contributed by atoms with Crippen molar-refractivity contribution in [3.63, 3.8) is 0 Å². The van der Waals surface area contributed by atoms with Crippen molar-refractivity contribution in [2.75, 3.05) is 13.1 Å². The van der Waals surface area contributed by atoms with Crippen LogP contribution in [0, 0.1) is 13.8 Å². The zero-order chi connectivity index (χ0) is 19.0. The maximum Gasteiger partial charge on any atom is 0.257 e. The number of hydrogen-bond acceptors (Lipinski definition) is 6. The van der Waals surface area contributed by atoms with Gasteiger partial charge in [-0.05, 0) is 61.4 Å². The molecule has 0 saturated carbocycles. The van der Waals surface area contributed by atoms with E-state index in [-0.39, 0.29) is 5.92 Å². The fraction of sp³-hybridized carbons (Fsp3) is 0.368. The average molecular weight is 404 g/mol. The third-order valence-corrected chi connectivity index (χ3v) is 7.74. The van der Waals surface area contributed by atoms with Crippen LogP contribution in [0.4, 0.5) is 0 Å². The molecule has 0 radical (unpaired) electrons. The first-order chi connectivity index (χ1) is 12.9. The topological polar surface area (TPSA) is 76.3 Å². The third-order valence-electron chi connectivity index (χ3n) is 5.02. The summed E-state index contributed by atoms with van der Waals surface area (Å²) >= 11 is 1.54. The van der Waals surface area contributed by atoms with Gasteiger partial charge in [-0.1, -0.05) is 12.1 Å². The van der Waals surface area contributed by atoms with E-state index in [0.717, 1.165) is 28.8 Å². The molecular weight excluding hydrogens is 382 g/mol. The second-order valence-corrected chi connectivity index (χ2v) is 9.76. The molecule has 1 atom stereocenters. The van der Waals surface area contributed by atoms with Crippen molar-refractivity contribution in [3.05, 3.63) is 52.7 Å². The highest BCUT2D eigenvalue weighted by atomic mass is 32.2. The van der Waals surface area contributed by atoms with Gasteiger partial charge in [0, 0.05) is 13.1 Å². The van der Waals surface area contributed by atoms with E-state index in [9.17, 15) is 8.42 Å². The Labute approximate surface area is 162 Å². The standard InChI is InChI=1S/C19H21N3O3S2/c1-13-7-8-16(11-14(13)2)27(23,24)22-9-3-5-15(12-22)18-20-21-19(25-18)17-6-4-10-26-17/h4,6-8,10-11,15H,3,5,9,12H2,1-2H3. The molecule has 3 heterocycles. The van der Waals surface area contributed by atoms with Crippen LogP contribution in [0.1, 0.15) is 35.8 Å². The largest absolute Gasteiger partial charge is 0.420 e. The highest BCUT2D eigenvalue weighted by Gasteiger charge is 2.33. The van der Waals surface area contributed by atoms with Crippen LogP contribution in [0.15, 0.2) is 45.0 Å². The first kappa shape index (κ1) is 18.3. The molecule has 3 aromatic rings. The lowest BCUT2D eigenvalue weighted by Gasteiger charge is -2.30. The van der Waals surface area contributed by atoms with Gasteiger partial charge in [-0.25, -0.2) is 8.42 Å². The smallest absolute Gasteiger partial charge is 0.257 e. The van der Waals surface area contributed by atoms with Crippen LogP contribution in [-0.2, 0) is 10.0 Å². The summed E-state index contributed by atoms with van der Waals surface area (Å²) in [5.74, 6) is 0.925. The van der Waals surface area contributed by atoms with Crippen molar-refractivity contribution in [2.24, 2.45) is 0 Å². The second kappa shape index (κ2) is 7.18. The highest BCUT2D eigenvalue weighted by molar-refractivity contribution is 7.89. The first-order valence-corrected chi connectivity index (χ1v) is 11.2. The summed E-state index contributed by atoms with van der Waals surface area (Å²) in [5, 5.41) is 10.3. The van der Waals surface area contributed by atoms with Gasteiger partial charge in [0.2, 0.25) is 15.9 Å². The van der Waals surface area contributed by atoms with E-state index in [1.54, 1.807) is 16.4 Å². The van der Waals surface area contributed by atoms with Gasteiger partial charge in [0.05, 0.1) is 15.7 Å². The van der Waals surface area contributed by atoms with Gasteiger partial charge in [0.25, 0.3) is 5.89 Å². The van der Waals surface area contributed by atoms with E-state index in [0.29, 0.717) is 29.8 Å². The quantitative estimate of drug-likeness (QED) is 0.658. The molecule has 0 N–H and O–H groups in total. The SMILES string of the molecule is Cc1ccc(S(=O)(=O)N2CCCC(c3nnc(-c4cccs4)o3)C2)cc1C. The summed E-state index contributed by atoms with van der Waals surface area (Å²) in [4.78, 5) is 1.26. The van der Waals surface area contributed by atoms with E-state index in [4.69, 9.17) is 4.42 Å². The van der Waals surface area contributed by atoms with Crippen LogP contribution in [-0.4, -0.2) is 36.0 Å². The summed E-state index contributed by atoms with van der Waals surface area (Å²) in [6.45, 7) is 4.78. The Morgan fingerprint density at radius 2 is 2.04 bits per heavy atom. The van der Waals surface area contributed by atoms with Crippen LogP contribution in [0.5, 0.6) is 0 Å². The molecule has 4 rings (SSSR count). The summed E-state index contributed by atoms with van der Waals surface area (Å²) in [6, 6.07) is 9.15. The maximum atomic E-state index is 13.1. The summed E-state index contributed by atoms with van der Waals surface area (Å²) in [5.41, 5.74) is 2.06. The number of nitrogens with zero attached hydrogens (tertiary/aromatic N) is 3. The van der Waals surface area contributed by atoms with Crippen LogP contribution >= 0.6 is 11.3 Å².